The van der Waals surface area contributed by atoms with Gasteiger partial charge in [-0.3, -0.25) is 0 Å². The first kappa shape index (κ1) is 12.0. The number of anilines is 2. The lowest BCUT2D eigenvalue weighted by Gasteiger charge is -2.08. The molecule has 0 unspecified atom stereocenters. The summed E-state index contributed by atoms with van der Waals surface area (Å²) in [6.45, 7) is 0.684. The third kappa shape index (κ3) is 2.68. The molecule has 0 aromatic carbocycles. The molecule has 1 aliphatic rings. The second kappa shape index (κ2) is 5.27. The molecule has 3 rings (SSSR count). The molecule has 0 radical (unpaired) electrons. The molecule has 3 heterocycles. The molecular formula is C13H12BrN5. The molecule has 2 aromatic rings. The van der Waals surface area contributed by atoms with Crippen LogP contribution in [0.3, 0.4) is 0 Å². The van der Waals surface area contributed by atoms with E-state index in [1.165, 1.54) is 0 Å². The summed E-state index contributed by atoms with van der Waals surface area (Å²) >= 11 is 3.32. The number of hydrogen-bond donors (Lipinski definition) is 3. The Bertz CT molecular complexity index is 644. The molecule has 96 valence electrons. The number of aromatic nitrogens is 3. The molecule has 0 saturated heterocycles. The standard InChI is InChI=1S/C13H12BrN5/c14-11-8-18-12-13(19-11)17-7-4-9-3-6-15-10(9)2-1-5-16-12/h1-4,6-8,15H,5H2,(H,16,18)(H,17,19)/b2-1+,7-4+. The molecule has 0 atom stereocenters. The summed E-state index contributed by atoms with van der Waals surface area (Å²) < 4.78 is 0.696. The average Bonchev–Trinajstić information content (AvgIpc) is 2.83. The van der Waals surface area contributed by atoms with Crippen LogP contribution in [0, 0.1) is 0 Å². The van der Waals surface area contributed by atoms with E-state index in [9.17, 15) is 0 Å². The highest BCUT2D eigenvalue weighted by Gasteiger charge is 2.05. The molecule has 19 heavy (non-hydrogen) atoms. The van der Waals surface area contributed by atoms with E-state index in [1.807, 2.05) is 36.7 Å². The van der Waals surface area contributed by atoms with Crippen LogP contribution >= 0.6 is 15.9 Å². The molecule has 0 bridgehead atoms. The van der Waals surface area contributed by atoms with E-state index >= 15 is 0 Å². The maximum atomic E-state index is 4.36. The smallest absolute Gasteiger partial charge is 0.174 e. The molecule has 2 aromatic heterocycles. The summed E-state index contributed by atoms with van der Waals surface area (Å²) in [5.41, 5.74) is 2.20. The Balaban J connectivity index is 1.97. The van der Waals surface area contributed by atoms with E-state index < -0.39 is 0 Å². The minimum atomic E-state index is 0.684. The zero-order chi connectivity index (χ0) is 13.1. The predicted octanol–water partition coefficient (Wildman–Crippen LogP) is 3.09. The summed E-state index contributed by atoms with van der Waals surface area (Å²) in [6, 6.07) is 2.02. The zero-order valence-electron chi connectivity index (χ0n) is 10.0. The van der Waals surface area contributed by atoms with Crippen molar-refractivity contribution in [2.45, 2.75) is 0 Å². The van der Waals surface area contributed by atoms with Crippen LogP contribution in [-0.4, -0.2) is 21.5 Å². The molecule has 0 saturated carbocycles. The van der Waals surface area contributed by atoms with Crippen molar-refractivity contribution < 1.29 is 0 Å². The minimum Gasteiger partial charge on any atom is -0.364 e. The van der Waals surface area contributed by atoms with Gasteiger partial charge in [0.2, 0.25) is 0 Å². The Labute approximate surface area is 119 Å². The van der Waals surface area contributed by atoms with Crippen molar-refractivity contribution in [3.8, 4) is 0 Å². The van der Waals surface area contributed by atoms with Crippen molar-refractivity contribution >= 4 is 39.7 Å². The molecule has 1 aliphatic heterocycles. The van der Waals surface area contributed by atoms with Gasteiger partial charge in [0, 0.05) is 30.2 Å². The van der Waals surface area contributed by atoms with Crippen LogP contribution in [0.4, 0.5) is 11.6 Å². The van der Waals surface area contributed by atoms with E-state index in [1.54, 1.807) is 6.20 Å². The topological polar surface area (TPSA) is 65.6 Å². The van der Waals surface area contributed by atoms with Gasteiger partial charge in [0.05, 0.1) is 6.20 Å². The third-order valence-corrected chi connectivity index (χ3v) is 3.09. The Morgan fingerprint density at radius 2 is 2.16 bits per heavy atom. The van der Waals surface area contributed by atoms with Crippen LogP contribution < -0.4 is 10.6 Å². The quantitative estimate of drug-likeness (QED) is 0.698. The fraction of sp³-hybridized carbons (Fsp3) is 0.0769. The van der Waals surface area contributed by atoms with Gasteiger partial charge in [-0.25, -0.2) is 9.97 Å². The number of rotatable bonds is 0. The number of halogens is 1. The van der Waals surface area contributed by atoms with Gasteiger partial charge < -0.3 is 15.6 Å². The van der Waals surface area contributed by atoms with Crippen molar-refractivity contribution in [2.24, 2.45) is 0 Å². The average molecular weight is 318 g/mol. The Morgan fingerprint density at radius 1 is 1.21 bits per heavy atom. The van der Waals surface area contributed by atoms with E-state index in [4.69, 9.17) is 0 Å². The van der Waals surface area contributed by atoms with Gasteiger partial charge in [-0.1, -0.05) is 6.08 Å². The fourth-order valence-corrected chi connectivity index (χ4v) is 2.10. The SMILES string of the molecule is Brc1cnc2c(n1)N/C=C/c1cc[nH]c1/C=C/CN2. The Morgan fingerprint density at radius 3 is 3.11 bits per heavy atom. The van der Waals surface area contributed by atoms with Gasteiger partial charge in [-0.05, 0) is 34.1 Å². The van der Waals surface area contributed by atoms with E-state index in [-0.39, 0.29) is 0 Å². The van der Waals surface area contributed by atoms with Crippen LogP contribution in [0.2, 0.25) is 0 Å². The second-order valence-electron chi connectivity index (χ2n) is 4.00. The lowest BCUT2D eigenvalue weighted by Crippen LogP contribution is -2.05. The Kier molecular flexibility index (Phi) is 3.33. The highest BCUT2D eigenvalue weighted by atomic mass is 79.9. The number of aromatic amines is 1. The van der Waals surface area contributed by atoms with Crippen molar-refractivity contribution in [2.75, 3.05) is 17.2 Å². The molecule has 3 N–H and O–H groups in total. The van der Waals surface area contributed by atoms with E-state index in [2.05, 4.69) is 41.5 Å². The van der Waals surface area contributed by atoms with E-state index in [0.717, 1.165) is 17.1 Å². The van der Waals surface area contributed by atoms with Crippen molar-refractivity contribution in [3.63, 3.8) is 0 Å². The first-order valence-corrected chi connectivity index (χ1v) is 6.65. The molecule has 0 aliphatic carbocycles. The fourth-order valence-electron chi connectivity index (χ4n) is 1.82. The highest BCUT2D eigenvalue weighted by Crippen LogP contribution is 2.20. The number of H-pyrrole nitrogens is 1. The van der Waals surface area contributed by atoms with Crippen LogP contribution in [0.1, 0.15) is 11.3 Å². The molecule has 6 heteroatoms. The maximum Gasteiger partial charge on any atom is 0.174 e. The first-order chi connectivity index (χ1) is 9.33. The summed E-state index contributed by atoms with van der Waals surface area (Å²) in [4.78, 5) is 11.9. The normalized spacial score (nSPS) is 17.1. The van der Waals surface area contributed by atoms with Crippen LogP contribution in [0.25, 0.3) is 12.2 Å². The highest BCUT2D eigenvalue weighted by molar-refractivity contribution is 9.10. The molecule has 0 fully saturated rings. The third-order valence-electron chi connectivity index (χ3n) is 2.71. The van der Waals surface area contributed by atoms with Gasteiger partial charge in [-0.2, -0.15) is 0 Å². The van der Waals surface area contributed by atoms with Gasteiger partial charge in [0.15, 0.2) is 11.6 Å². The zero-order valence-corrected chi connectivity index (χ0v) is 11.6. The van der Waals surface area contributed by atoms with Crippen molar-refractivity contribution in [1.82, 2.24) is 15.0 Å². The van der Waals surface area contributed by atoms with Crippen LogP contribution in [0.15, 0.2) is 35.3 Å². The number of fused-ring (bicyclic) bond motifs is 2. The predicted molar refractivity (Wildman–Crippen MR) is 80.7 cm³/mol. The number of nitrogens with zero attached hydrogens (tertiary/aromatic N) is 2. The minimum absolute atomic E-state index is 0.684. The number of hydrogen-bond acceptors (Lipinski definition) is 4. The van der Waals surface area contributed by atoms with Crippen molar-refractivity contribution in [1.29, 1.82) is 0 Å². The van der Waals surface area contributed by atoms with Gasteiger partial charge in [0.1, 0.15) is 4.60 Å². The largest absolute Gasteiger partial charge is 0.364 e. The number of nitrogens with one attached hydrogen (secondary N) is 3. The monoisotopic (exact) mass is 317 g/mol. The maximum absolute atomic E-state index is 4.36. The second-order valence-corrected chi connectivity index (χ2v) is 4.81. The van der Waals surface area contributed by atoms with Gasteiger partial charge in [0.25, 0.3) is 0 Å². The van der Waals surface area contributed by atoms with E-state index in [0.29, 0.717) is 17.0 Å². The lowest BCUT2D eigenvalue weighted by molar-refractivity contribution is 1.14. The van der Waals surface area contributed by atoms with Crippen LogP contribution in [-0.2, 0) is 0 Å². The molecule has 0 spiro atoms. The molecular weight excluding hydrogens is 306 g/mol. The van der Waals surface area contributed by atoms with Crippen molar-refractivity contribution in [3.05, 3.63) is 46.6 Å². The summed E-state index contributed by atoms with van der Waals surface area (Å²) in [5, 5.41) is 6.36. The molecule has 5 nitrogen and oxygen atoms in total. The summed E-state index contributed by atoms with van der Waals surface area (Å²) in [7, 11) is 0. The summed E-state index contributed by atoms with van der Waals surface area (Å²) in [6.07, 6.45) is 11.5. The Hall–Kier alpha value is -2.08. The lowest BCUT2D eigenvalue weighted by atomic mass is 10.2. The first-order valence-electron chi connectivity index (χ1n) is 5.86. The van der Waals surface area contributed by atoms with Gasteiger partial charge in [-0.15, -0.1) is 0 Å². The van der Waals surface area contributed by atoms with Gasteiger partial charge >= 0.3 is 0 Å². The van der Waals surface area contributed by atoms with Crippen LogP contribution in [0.5, 0.6) is 0 Å². The molecule has 0 amide bonds. The summed E-state index contributed by atoms with van der Waals surface area (Å²) in [5.74, 6) is 1.42.